The molecule has 0 aromatic carbocycles. The third kappa shape index (κ3) is 4.96. The highest BCUT2D eigenvalue weighted by Gasteiger charge is 2.71. The van der Waals surface area contributed by atoms with Gasteiger partial charge >= 0.3 is 6.03 Å². The fourth-order valence-corrected chi connectivity index (χ4v) is 5.90. The minimum Gasteiger partial charge on any atom is -0.377 e. The molecule has 1 N–H and O–H groups in total. The van der Waals surface area contributed by atoms with Gasteiger partial charge in [0.15, 0.2) is 18.0 Å². The Kier molecular flexibility index (Phi) is 7.07. The van der Waals surface area contributed by atoms with Gasteiger partial charge < -0.3 is 24.8 Å². The molecule has 2 aromatic heterocycles. The van der Waals surface area contributed by atoms with Crippen molar-refractivity contribution in [3.8, 4) is 11.3 Å². The smallest absolute Gasteiger partial charge is 0.328 e. The van der Waals surface area contributed by atoms with Crippen LogP contribution in [0.2, 0.25) is 0 Å². The number of halogens is 2. The molecule has 0 bridgehead atoms. The highest BCUT2D eigenvalue weighted by Crippen LogP contribution is 2.59. The monoisotopic (exact) mass is 596 g/mol. The second kappa shape index (κ2) is 10.6. The first kappa shape index (κ1) is 28.6. The van der Waals surface area contributed by atoms with Crippen LogP contribution < -0.4 is 10.2 Å². The number of anilines is 2. The van der Waals surface area contributed by atoms with E-state index >= 15 is 0 Å². The molecule has 0 spiro atoms. The van der Waals surface area contributed by atoms with E-state index in [2.05, 4.69) is 20.3 Å². The predicted octanol–water partition coefficient (Wildman–Crippen LogP) is 1.32. The summed E-state index contributed by atoms with van der Waals surface area (Å²) in [7, 11) is 2.82. The SMILES string of the molecule is COCC(=O)CN1C(=O)C2C(N=CN2[C@@H](C)C(=O)Nc2cccc(-c3ccc(N4CC5C(C4)C5(F)F)nc3)n2)N(C)C1=O. The molecule has 0 radical (unpaired) electrons. The molecule has 2 saturated heterocycles. The molecule has 13 nitrogen and oxygen atoms in total. The summed E-state index contributed by atoms with van der Waals surface area (Å²) in [6.45, 7) is 1.47. The van der Waals surface area contributed by atoms with Crippen LogP contribution in [0.4, 0.5) is 25.2 Å². The van der Waals surface area contributed by atoms with Gasteiger partial charge in [-0.2, -0.15) is 0 Å². The van der Waals surface area contributed by atoms with E-state index < -0.39 is 66.2 Å². The van der Waals surface area contributed by atoms with E-state index in [-0.39, 0.29) is 25.5 Å². The first-order valence-corrected chi connectivity index (χ1v) is 13.8. The van der Waals surface area contributed by atoms with Crippen LogP contribution in [0, 0.1) is 11.8 Å². The summed E-state index contributed by atoms with van der Waals surface area (Å²) in [6, 6.07) is 6.14. The van der Waals surface area contributed by atoms with Gasteiger partial charge in [0, 0.05) is 39.0 Å². The summed E-state index contributed by atoms with van der Waals surface area (Å²) < 4.78 is 31.9. The van der Waals surface area contributed by atoms with Crippen LogP contribution in [0.15, 0.2) is 41.5 Å². The number of imide groups is 1. The number of nitrogens with one attached hydrogen (secondary N) is 1. The molecule has 15 heteroatoms. The number of methoxy groups -OCH3 is 1. The van der Waals surface area contributed by atoms with Crippen LogP contribution in [0.3, 0.4) is 0 Å². The minimum absolute atomic E-state index is 0.249. The van der Waals surface area contributed by atoms with E-state index in [1.54, 1.807) is 43.5 Å². The third-order valence-electron chi connectivity index (χ3n) is 8.44. The van der Waals surface area contributed by atoms with Gasteiger partial charge in [-0.05, 0) is 31.2 Å². The van der Waals surface area contributed by atoms with E-state index in [4.69, 9.17) is 4.74 Å². The summed E-state index contributed by atoms with van der Waals surface area (Å²) in [5.41, 5.74) is 1.22. The van der Waals surface area contributed by atoms with E-state index in [1.807, 2.05) is 4.90 Å². The van der Waals surface area contributed by atoms with Gasteiger partial charge in [0.2, 0.25) is 5.91 Å². The molecule has 1 saturated carbocycles. The molecule has 4 unspecified atom stereocenters. The molecule has 4 amide bonds. The molecule has 5 atom stereocenters. The lowest BCUT2D eigenvalue weighted by Gasteiger charge is -2.42. The van der Waals surface area contributed by atoms with Crippen molar-refractivity contribution in [2.75, 3.05) is 50.6 Å². The van der Waals surface area contributed by atoms with Crippen molar-refractivity contribution < 1.29 is 32.7 Å². The molecule has 6 rings (SSSR count). The number of pyridine rings is 2. The van der Waals surface area contributed by atoms with Crippen LogP contribution in [0.1, 0.15) is 6.92 Å². The lowest BCUT2D eigenvalue weighted by Crippen LogP contribution is -2.66. The minimum atomic E-state index is -2.56. The van der Waals surface area contributed by atoms with Crippen LogP contribution in [0.5, 0.6) is 0 Å². The first-order valence-electron chi connectivity index (χ1n) is 13.8. The number of piperidine rings is 1. The van der Waals surface area contributed by atoms with Gasteiger partial charge in [-0.25, -0.2) is 28.5 Å². The molecule has 43 heavy (non-hydrogen) atoms. The van der Waals surface area contributed by atoms with Gasteiger partial charge in [0.25, 0.3) is 11.8 Å². The normalized spacial score (nSPS) is 26.0. The van der Waals surface area contributed by atoms with E-state index in [1.165, 1.54) is 30.3 Å². The van der Waals surface area contributed by atoms with Gasteiger partial charge in [-0.1, -0.05) is 6.07 Å². The number of carbonyl (C=O) groups excluding carboxylic acids is 4. The largest absolute Gasteiger partial charge is 0.377 e. The molecule has 1 aliphatic carbocycles. The summed E-state index contributed by atoms with van der Waals surface area (Å²) >= 11 is 0. The van der Waals surface area contributed by atoms with Crippen LogP contribution in [-0.4, -0.2) is 119 Å². The quantitative estimate of drug-likeness (QED) is 0.454. The number of Topliss-reactive ketones (excluding diaryl/α,β-unsaturated/α-hetero) is 1. The number of aromatic nitrogens is 2. The Labute approximate surface area is 245 Å². The maximum Gasteiger partial charge on any atom is 0.328 e. The average Bonchev–Trinajstić information content (AvgIpc) is 3.41. The third-order valence-corrected chi connectivity index (χ3v) is 8.44. The lowest BCUT2D eigenvalue weighted by molar-refractivity contribution is -0.142. The maximum atomic E-state index is 13.5. The zero-order valence-electron chi connectivity index (χ0n) is 23.7. The number of ketones is 1. The number of rotatable bonds is 9. The number of urea groups is 1. The average molecular weight is 597 g/mol. The summed E-state index contributed by atoms with van der Waals surface area (Å²) in [4.78, 5) is 70.2. The topological polar surface area (TPSA) is 141 Å². The Bertz CT molecular complexity index is 1490. The molecular weight excluding hydrogens is 566 g/mol. The van der Waals surface area contributed by atoms with Gasteiger partial charge in [0.05, 0.1) is 30.4 Å². The Balaban J connectivity index is 1.11. The summed E-state index contributed by atoms with van der Waals surface area (Å²) in [5, 5.41) is 2.76. The van der Waals surface area contributed by atoms with Crippen LogP contribution in [-0.2, 0) is 19.1 Å². The molecule has 3 fully saturated rings. The van der Waals surface area contributed by atoms with E-state index in [0.717, 1.165) is 4.90 Å². The van der Waals surface area contributed by atoms with Crippen molar-refractivity contribution in [2.24, 2.45) is 16.8 Å². The fourth-order valence-electron chi connectivity index (χ4n) is 5.90. The van der Waals surface area contributed by atoms with Gasteiger partial charge in [0.1, 0.15) is 24.3 Å². The van der Waals surface area contributed by atoms with Crippen LogP contribution in [0.25, 0.3) is 11.3 Å². The van der Waals surface area contributed by atoms with Crippen LogP contribution >= 0.6 is 0 Å². The standard InChI is InChI=1S/C28H30F2N8O5/c1-15(38-14-32-24-23(38)26(41)37(27(42)35(24)2)10-17(39)13-43-3)25(40)34-21-6-4-5-20(33-21)16-7-8-22(31-9-16)36-11-18-19(12-36)28(18,29)30/h4-9,14-15,18-19,23-24H,10-13H2,1-3H3,(H,33,34,40)/t15-,18?,19?,23?,24?/m0/s1. The summed E-state index contributed by atoms with van der Waals surface area (Å²) in [6.07, 6.45) is 2.14. The second-order valence-corrected chi connectivity index (χ2v) is 11.1. The number of ether oxygens (including phenoxy) is 1. The van der Waals surface area contributed by atoms with Crippen molar-refractivity contribution in [2.45, 2.75) is 31.1 Å². The number of likely N-dealkylation sites (N-methyl/N-ethyl adjacent to an activating group) is 1. The highest BCUT2D eigenvalue weighted by molar-refractivity contribution is 6.05. The molecule has 3 aliphatic heterocycles. The number of alkyl halides is 2. The molecule has 4 aliphatic rings. The molecule has 5 heterocycles. The highest BCUT2D eigenvalue weighted by atomic mass is 19.3. The predicted molar refractivity (Wildman–Crippen MR) is 149 cm³/mol. The molecule has 226 valence electrons. The van der Waals surface area contributed by atoms with Crippen molar-refractivity contribution >= 4 is 41.6 Å². The summed E-state index contributed by atoms with van der Waals surface area (Å²) in [5.74, 6) is -4.41. The Morgan fingerprint density at radius 3 is 2.58 bits per heavy atom. The van der Waals surface area contributed by atoms with Gasteiger partial charge in [-0.3, -0.25) is 19.3 Å². The zero-order valence-corrected chi connectivity index (χ0v) is 23.7. The number of nitrogens with zero attached hydrogens (tertiary/aromatic N) is 7. The van der Waals surface area contributed by atoms with E-state index in [0.29, 0.717) is 17.1 Å². The number of amides is 4. The van der Waals surface area contributed by atoms with Crippen molar-refractivity contribution in [1.29, 1.82) is 0 Å². The number of hydrogen-bond acceptors (Lipinski definition) is 10. The number of carbonyl (C=O) groups is 4. The number of fused-ring (bicyclic) bond motifs is 2. The maximum absolute atomic E-state index is 13.5. The Morgan fingerprint density at radius 1 is 1.16 bits per heavy atom. The molecule has 2 aromatic rings. The van der Waals surface area contributed by atoms with Crippen molar-refractivity contribution in [3.05, 3.63) is 36.5 Å². The van der Waals surface area contributed by atoms with E-state index in [9.17, 15) is 28.0 Å². The number of aliphatic imine (C=N–C) groups is 1. The Hall–Kier alpha value is -4.53. The van der Waals surface area contributed by atoms with Crippen molar-refractivity contribution in [3.63, 3.8) is 0 Å². The Morgan fingerprint density at radius 2 is 1.91 bits per heavy atom. The molecular formula is C28H30F2N8O5. The zero-order chi connectivity index (χ0) is 30.6. The fraction of sp³-hybridized carbons (Fsp3) is 0.464. The second-order valence-electron chi connectivity index (χ2n) is 11.1. The lowest BCUT2D eigenvalue weighted by atomic mass is 10.1. The number of hydrogen-bond donors (Lipinski definition) is 1. The first-order chi connectivity index (χ1) is 20.5. The van der Waals surface area contributed by atoms with Crippen molar-refractivity contribution in [1.82, 2.24) is 24.7 Å². The van der Waals surface area contributed by atoms with Gasteiger partial charge in [-0.15, -0.1) is 0 Å².